The lowest BCUT2D eigenvalue weighted by atomic mass is 9.86. The largest absolute Gasteiger partial charge is 0.378 e. The number of nitrogens with zero attached hydrogens (tertiary/aromatic N) is 1. The molecule has 0 heterocycles. The first-order valence-electron chi connectivity index (χ1n) is 7.46. The quantitative estimate of drug-likeness (QED) is 0.721. The molecule has 0 bridgehead atoms. The van der Waals surface area contributed by atoms with Crippen LogP contribution in [0.3, 0.4) is 0 Å². The number of rotatable bonds is 8. The van der Waals surface area contributed by atoms with Crippen LogP contribution in [0.5, 0.6) is 0 Å². The lowest BCUT2D eigenvalue weighted by Crippen LogP contribution is -2.47. The van der Waals surface area contributed by atoms with Gasteiger partial charge in [-0.3, -0.25) is 5.32 Å². The van der Waals surface area contributed by atoms with Gasteiger partial charge in [0.1, 0.15) is 5.54 Å². The summed E-state index contributed by atoms with van der Waals surface area (Å²) in [7, 11) is 0. The Labute approximate surface area is 112 Å². The van der Waals surface area contributed by atoms with Crippen molar-refractivity contribution in [3.8, 4) is 6.07 Å². The second kappa shape index (κ2) is 7.76. The number of hydrogen-bond acceptors (Lipinski definition) is 3. The maximum absolute atomic E-state index is 9.46. The summed E-state index contributed by atoms with van der Waals surface area (Å²) >= 11 is 0. The van der Waals surface area contributed by atoms with E-state index in [4.69, 9.17) is 4.74 Å². The molecular weight excluding hydrogens is 224 g/mol. The monoisotopic (exact) mass is 252 g/mol. The van der Waals surface area contributed by atoms with Crippen molar-refractivity contribution in [1.82, 2.24) is 5.32 Å². The van der Waals surface area contributed by atoms with Crippen molar-refractivity contribution in [2.45, 2.75) is 70.9 Å². The SMILES string of the molecule is CCCC(C)OCCC1CCCC1(C#N)NCC. The van der Waals surface area contributed by atoms with Gasteiger partial charge in [0.2, 0.25) is 0 Å². The Morgan fingerprint density at radius 3 is 2.89 bits per heavy atom. The molecule has 1 N–H and O–H groups in total. The minimum absolute atomic E-state index is 0.286. The van der Waals surface area contributed by atoms with Crippen LogP contribution in [0, 0.1) is 17.2 Å². The second-order valence-corrected chi connectivity index (χ2v) is 5.46. The van der Waals surface area contributed by atoms with Gasteiger partial charge < -0.3 is 4.74 Å². The van der Waals surface area contributed by atoms with Crippen molar-refractivity contribution in [3.05, 3.63) is 0 Å². The summed E-state index contributed by atoms with van der Waals surface area (Å²) in [6.45, 7) is 8.06. The molecule has 0 spiro atoms. The molecule has 3 heteroatoms. The Balaban J connectivity index is 2.38. The topological polar surface area (TPSA) is 45.0 Å². The number of hydrogen-bond donors (Lipinski definition) is 1. The summed E-state index contributed by atoms with van der Waals surface area (Å²) < 4.78 is 5.82. The fraction of sp³-hybridized carbons (Fsp3) is 0.933. The molecule has 3 unspecified atom stereocenters. The van der Waals surface area contributed by atoms with E-state index >= 15 is 0 Å². The predicted molar refractivity (Wildman–Crippen MR) is 74.3 cm³/mol. The fourth-order valence-electron chi connectivity index (χ4n) is 3.10. The van der Waals surface area contributed by atoms with Crippen LogP contribution in [-0.2, 0) is 4.74 Å². The molecule has 1 aliphatic carbocycles. The van der Waals surface area contributed by atoms with Gasteiger partial charge >= 0.3 is 0 Å². The van der Waals surface area contributed by atoms with Crippen LogP contribution in [0.4, 0.5) is 0 Å². The van der Waals surface area contributed by atoms with Crippen molar-refractivity contribution in [3.63, 3.8) is 0 Å². The normalized spacial score (nSPS) is 29.1. The Morgan fingerprint density at radius 2 is 2.28 bits per heavy atom. The van der Waals surface area contributed by atoms with E-state index in [1.807, 2.05) is 0 Å². The van der Waals surface area contributed by atoms with Crippen molar-refractivity contribution in [1.29, 1.82) is 5.26 Å². The molecule has 0 amide bonds. The lowest BCUT2D eigenvalue weighted by Gasteiger charge is -2.29. The van der Waals surface area contributed by atoms with Gasteiger partial charge in [-0.15, -0.1) is 0 Å². The van der Waals surface area contributed by atoms with E-state index in [0.717, 1.165) is 45.3 Å². The van der Waals surface area contributed by atoms with Crippen molar-refractivity contribution in [2.75, 3.05) is 13.2 Å². The van der Waals surface area contributed by atoms with Crippen LogP contribution >= 0.6 is 0 Å². The molecule has 0 radical (unpaired) electrons. The van der Waals surface area contributed by atoms with Crippen molar-refractivity contribution in [2.24, 2.45) is 5.92 Å². The smallest absolute Gasteiger partial charge is 0.109 e. The molecule has 1 rings (SSSR count). The highest BCUT2D eigenvalue weighted by molar-refractivity contribution is 5.13. The molecule has 0 saturated heterocycles. The molecule has 1 saturated carbocycles. The number of ether oxygens (including phenoxy) is 1. The van der Waals surface area contributed by atoms with Gasteiger partial charge in [-0.1, -0.05) is 26.7 Å². The van der Waals surface area contributed by atoms with E-state index in [9.17, 15) is 5.26 Å². The zero-order valence-electron chi connectivity index (χ0n) is 12.2. The van der Waals surface area contributed by atoms with Crippen LogP contribution < -0.4 is 5.32 Å². The van der Waals surface area contributed by atoms with Crippen molar-refractivity contribution >= 4 is 0 Å². The van der Waals surface area contributed by atoms with Crippen LogP contribution in [0.2, 0.25) is 0 Å². The van der Waals surface area contributed by atoms with Gasteiger partial charge in [-0.05, 0) is 45.1 Å². The lowest BCUT2D eigenvalue weighted by molar-refractivity contribution is 0.0466. The standard InChI is InChI=1S/C15H28N2O/c1-4-7-13(3)18-11-9-14-8-6-10-15(14,12-16)17-5-2/h13-14,17H,4-11H2,1-3H3. The second-order valence-electron chi connectivity index (χ2n) is 5.46. The molecule has 1 fully saturated rings. The first kappa shape index (κ1) is 15.5. The maximum atomic E-state index is 9.46. The Hall–Kier alpha value is -0.590. The molecule has 104 valence electrons. The van der Waals surface area contributed by atoms with Crippen molar-refractivity contribution < 1.29 is 4.74 Å². The molecule has 0 aromatic carbocycles. The van der Waals surface area contributed by atoms with Gasteiger partial charge in [0.05, 0.1) is 12.2 Å². The highest BCUT2D eigenvalue weighted by Crippen LogP contribution is 2.37. The van der Waals surface area contributed by atoms with E-state index < -0.39 is 0 Å². The van der Waals surface area contributed by atoms with Gasteiger partial charge in [0, 0.05) is 6.61 Å². The molecule has 0 aromatic heterocycles. The summed E-state index contributed by atoms with van der Waals surface area (Å²) in [5.74, 6) is 0.455. The van der Waals surface area contributed by atoms with E-state index in [0.29, 0.717) is 12.0 Å². The van der Waals surface area contributed by atoms with Crippen LogP contribution in [0.1, 0.15) is 59.3 Å². The summed E-state index contributed by atoms with van der Waals surface area (Å²) in [6, 6.07) is 2.53. The zero-order valence-corrected chi connectivity index (χ0v) is 12.2. The maximum Gasteiger partial charge on any atom is 0.109 e. The summed E-state index contributed by atoms with van der Waals surface area (Å²) in [5, 5.41) is 12.9. The summed E-state index contributed by atoms with van der Waals surface area (Å²) in [5.41, 5.74) is -0.286. The van der Waals surface area contributed by atoms with Crippen LogP contribution in [0.25, 0.3) is 0 Å². The van der Waals surface area contributed by atoms with Gasteiger partial charge in [-0.2, -0.15) is 5.26 Å². The third-order valence-electron chi connectivity index (χ3n) is 4.08. The van der Waals surface area contributed by atoms with Gasteiger partial charge in [-0.25, -0.2) is 0 Å². The van der Waals surface area contributed by atoms with Crippen LogP contribution in [0.15, 0.2) is 0 Å². The highest BCUT2D eigenvalue weighted by Gasteiger charge is 2.42. The molecule has 0 aromatic rings. The molecule has 1 aliphatic rings. The Kier molecular flexibility index (Phi) is 6.67. The van der Waals surface area contributed by atoms with Gasteiger partial charge in [0.15, 0.2) is 0 Å². The summed E-state index contributed by atoms with van der Waals surface area (Å²) in [6.07, 6.45) is 6.97. The molecular formula is C15H28N2O. The minimum Gasteiger partial charge on any atom is -0.378 e. The Morgan fingerprint density at radius 1 is 1.50 bits per heavy atom. The van der Waals surface area contributed by atoms with Gasteiger partial charge in [0.25, 0.3) is 0 Å². The third kappa shape index (κ3) is 3.96. The molecule has 3 atom stereocenters. The number of nitrogens with one attached hydrogen (secondary N) is 1. The van der Waals surface area contributed by atoms with E-state index in [2.05, 4.69) is 32.2 Å². The average molecular weight is 252 g/mol. The average Bonchev–Trinajstić information content (AvgIpc) is 2.74. The van der Waals surface area contributed by atoms with E-state index in [-0.39, 0.29) is 5.54 Å². The molecule has 18 heavy (non-hydrogen) atoms. The fourth-order valence-corrected chi connectivity index (χ4v) is 3.10. The number of nitriles is 1. The minimum atomic E-state index is -0.286. The summed E-state index contributed by atoms with van der Waals surface area (Å²) in [4.78, 5) is 0. The van der Waals surface area contributed by atoms with E-state index in [1.54, 1.807) is 0 Å². The first-order chi connectivity index (χ1) is 8.68. The predicted octanol–water partition coefficient (Wildman–Crippen LogP) is 3.25. The molecule has 0 aliphatic heterocycles. The van der Waals surface area contributed by atoms with E-state index in [1.165, 1.54) is 6.42 Å². The zero-order chi connectivity index (χ0) is 13.4. The third-order valence-corrected chi connectivity index (χ3v) is 4.08. The Bertz CT molecular complexity index is 274. The first-order valence-corrected chi connectivity index (χ1v) is 7.46. The highest BCUT2D eigenvalue weighted by atomic mass is 16.5. The van der Waals surface area contributed by atoms with Crippen LogP contribution in [-0.4, -0.2) is 24.8 Å². The molecule has 3 nitrogen and oxygen atoms in total.